The smallest absolute Gasteiger partial charge is 0.183 e. The van der Waals surface area contributed by atoms with Crippen molar-refractivity contribution < 1.29 is 37.6 Å². The lowest BCUT2D eigenvalue weighted by molar-refractivity contribution is -0.181. The van der Waals surface area contributed by atoms with Crippen LogP contribution in [0, 0.1) is 0 Å². The summed E-state index contributed by atoms with van der Waals surface area (Å²) in [6, 6.07) is -0.594. The molecule has 0 aromatic carbocycles. The number of rotatable bonds is 10. The largest absolute Gasteiger partial charge is 0.386 e. The molecule has 2 fully saturated rings. The van der Waals surface area contributed by atoms with Gasteiger partial charge in [0, 0.05) is 66.2 Å². The molecule has 5 unspecified atom stereocenters. The third-order valence-electron chi connectivity index (χ3n) is 5.63. The van der Waals surface area contributed by atoms with Crippen molar-refractivity contribution in [1.29, 1.82) is 0 Å². The molecule has 166 valence electrons. The van der Waals surface area contributed by atoms with Crippen LogP contribution < -0.4 is 0 Å². The second kappa shape index (κ2) is 10.1. The van der Waals surface area contributed by atoms with Crippen molar-refractivity contribution in [3.8, 4) is 0 Å². The number of aliphatic hydroxyl groups is 2. The summed E-state index contributed by atoms with van der Waals surface area (Å²) in [5.74, 6) is 0.0380. The first-order chi connectivity index (χ1) is 13.2. The van der Waals surface area contributed by atoms with Crippen molar-refractivity contribution in [1.82, 2.24) is 9.80 Å². The predicted molar refractivity (Wildman–Crippen MR) is 102 cm³/mol. The van der Waals surface area contributed by atoms with Crippen molar-refractivity contribution in [3.63, 3.8) is 0 Å². The van der Waals surface area contributed by atoms with Crippen LogP contribution >= 0.6 is 0 Å². The van der Waals surface area contributed by atoms with E-state index in [1.165, 1.54) is 28.4 Å². The summed E-state index contributed by atoms with van der Waals surface area (Å²) in [5, 5.41) is 20.9. The van der Waals surface area contributed by atoms with Gasteiger partial charge in [-0.2, -0.15) is 0 Å². The molecule has 0 amide bonds. The molecule has 2 aliphatic heterocycles. The van der Waals surface area contributed by atoms with E-state index in [9.17, 15) is 18.6 Å². The van der Waals surface area contributed by atoms with Gasteiger partial charge in [0.05, 0.1) is 11.5 Å². The molecule has 2 aliphatic rings. The molecule has 0 aromatic heterocycles. The van der Waals surface area contributed by atoms with Crippen molar-refractivity contribution in [2.24, 2.45) is 0 Å². The summed E-state index contributed by atoms with van der Waals surface area (Å²) < 4.78 is 45.3. The lowest BCUT2D eigenvalue weighted by atomic mass is 9.99. The Kier molecular flexibility index (Phi) is 8.62. The molecule has 2 rings (SSSR count). The van der Waals surface area contributed by atoms with Gasteiger partial charge in [0.15, 0.2) is 22.4 Å². The Labute approximate surface area is 167 Å². The molecular formula is C17H34N2O8S. The maximum atomic E-state index is 12.4. The molecule has 0 spiro atoms. The van der Waals surface area contributed by atoms with Gasteiger partial charge in [-0.3, -0.25) is 9.80 Å². The van der Waals surface area contributed by atoms with Gasteiger partial charge >= 0.3 is 0 Å². The number of sulfone groups is 1. The van der Waals surface area contributed by atoms with Gasteiger partial charge in [0.25, 0.3) is 0 Å². The molecule has 28 heavy (non-hydrogen) atoms. The van der Waals surface area contributed by atoms with E-state index in [4.69, 9.17) is 18.9 Å². The number of aliphatic hydroxyl groups excluding tert-OH is 2. The zero-order valence-corrected chi connectivity index (χ0v) is 18.0. The van der Waals surface area contributed by atoms with Gasteiger partial charge < -0.3 is 29.2 Å². The average molecular weight is 427 g/mol. The van der Waals surface area contributed by atoms with Crippen LogP contribution in [0.25, 0.3) is 0 Å². The molecule has 11 heteroatoms. The first-order valence-corrected chi connectivity index (χ1v) is 11.2. The third kappa shape index (κ3) is 5.41. The molecule has 2 heterocycles. The van der Waals surface area contributed by atoms with Crippen LogP contribution in [0.3, 0.4) is 0 Å². The van der Waals surface area contributed by atoms with E-state index in [1.807, 2.05) is 16.7 Å². The molecule has 0 aliphatic carbocycles. The van der Waals surface area contributed by atoms with Crippen LogP contribution in [0.15, 0.2) is 0 Å². The highest BCUT2D eigenvalue weighted by atomic mass is 32.2. The minimum absolute atomic E-state index is 0.0178. The number of hydrogen-bond donors (Lipinski definition) is 2. The SMILES string of the molecule is COC(OC)C(O)CN1CC(C)N(CC(O)C(OC)OC)C2CS(=O)(=O)CC21. The Hall–Kier alpha value is -0.370. The quantitative estimate of drug-likeness (QED) is 0.384. The number of nitrogens with zero attached hydrogens (tertiary/aromatic N) is 2. The number of methoxy groups -OCH3 is 4. The van der Waals surface area contributed by atoms with Crippen LogP contribution in [0.1, 0.15) is 6.92 Å². The fraction of sp³-hybridized carbons (Fsp3) is 1.00. The van der Waals surface area contributed by atoms with E-state index < -0.39 is 34.6 Å². The van der Waals surface area contributed by atoms with Gasteiger partial charge in [0.2, 0.25) is 0 Å². The number of fused-ring (bicyclic) bond motifs is 1. The summed E-state index contributed by atoms with van der Waals surface area (Å²) in [4.78, 5) is 4.00. The van der Waals surface area contributed by atoms with Crippen molar-refractivity contribution >= 4 is 9.84 Å². The van der Waals surface area contributed by atoms with Gasteiger partial charge in [0.1, 0.15) is 12.2 Å². The van der Waals surface area contributed by atoms with E-state index >= 15 is 0 Å². The number of piperazine rings is 1. The highest BCUT2D eigenvalue weighted by molar-refractivity contribution is 7.91. The van der Waals surface area contributed by atoms with Crippen LogP contribution in [-0.2, 0) is 28.8 Å². The summed E-state index contributed by atoms with van der Waals surface area (Å²) >= 11 is 0. The van der Waals surface area contributed by atoms with E-state index in [2.05, 4.69) is 0 Å². The standard InChI is InChI=1S/C17H34N2O8S/c1-11-6-18(7-14(20)16(24-2)25-3)12-9-28(22,23)10-13(12)19(11)8-15(21)17(26-4)27-5/h11-17,20-21H,6-10H2,1-5H3. The van der Waals surface area contributed by atoms with Crippen LogP contribution in [0.2, 0.25) is 0 Å². The Morgan fingerprint density at radius 1 is 0.893 bits per heavy atom. The van der Waals surface area contributed by atoms with Crippen molar-refractivity contribution in [2.75, 3.05) is 59.6 Å². The van der Waals surface area contributed by atoms with E-state index in [1.54, 1.807) is 0 Å². The Balaban J connectivity index is 2.17. The minimum Gasteiger partial charge on any atom is -0.386 e. The average Bonchev–Trinajstić information content (AvgIpc) is 2.96. The van der Waals surface area contributed by atoms with Gasteiger partial charge in [-0.15, -0.1) is 0 Å². The molecule has 0 aromatic rings. The van der Waals surface area contributed by atoms with Crippen LogP contribution in [-0.4, -0.2) is 131 Å². The molecule has 10 nitrogen and oxygen atoms in total. The zero-order valence-electron chi connectivity index (χ0n) is 17.2. The first-order valence-electron chi connectivity index (χ1n) is 9.34. The van der Waals surface area contributed by atoms with Gasteiger partial charge in [-0.05, 0) is 6.92 Å². The molecule has 0 saturated carbocycles. The maximum absolute atomic E-state index is 12.4. The van der Waals surface area contributed by atoms with Crippen LogP contribution in [0.4, 0.5) is 0 Å². The zero-order chi connectivity index (χ0) is 21.1. The van der Waals surface area contributed by atoms with E-state index in [-0.39, 0.29) is 42.7 Å². The Morgan fingerprint density at radius 2 is 1.36 bits per heavy atom. The normalized spacial score (nSPS) is 30.7. The number of β-amino-alcohol motifs (C(OH)–C–C–N with tert-alkyl or cyclic N) is 2. The maximum Gasteiger partial charge on any atom is 0.183 e. The molecule has 2 saturated heterocycles. The fourth-order valence-electron chi connectivity index (χ4n) is 4.36. The Morgan fingerprint density at radius 3 is 1.86 bits per heavy atom. The molecule has 5 atom stereocenters. The lowest BCUT2D eigenvalue weighted by Gasteiger charge is -2.49. The number of hydrogen-bond acceptors (Lipinski definition) is 10. The second-order valence-corrected chi connectivity index (χ2v) is 9.68. The third-order valence-corrected chi connectivity index (χ3v) is 7.33. The van der Waals surface area contributed by atoms with Crippen LogP contribution in [0.5, 0.6) is 0 Å². The minimum atomic E-state index is -3.22. The summed E-state index contributed by atoms with van der Waals surface area (Å²) in [6.07, 6.45) is -3.39. The topological polar surface area (TPSA) is 118 Å². The van der Waals surface area contributed by atoms with Gasteiger partial charge in [-0.25, -0.2) is 8.42 Å². The fourth-order valence-corrected chi connectivity index (χ4v) is 6.38. The lowest BCUT2D eigenvalue weighted by Crippen LogP contribution is -2.65. The van der Waals surface area contributed by atoms with Gasteiger partial charge in [-0.1, -0.05) is 0 Å². The summed E-state index contributed by atoms with van der Waals surface area (Å²) in [7, 11) is 2.57. The summed E-state index contributed by atoms with van der Waals surface area (Å²) in [6.45, 7) is 3.00. The first kappa shape index (κ1) is 23.9. The molecule has 0 radical (unpaired) electrons. The Bertz CT molecular complexity index is 584. The second-order valence-electron chi connectivity index (χ2n) is 7.53. The molecule has 0 bridgehead atoms. The highest BCUT2D eigenvalue weighted by Crippen LogP contribution is 2.30. The van der Waals surface area contributed by atoms with E-state index in [0.717, 1.165) is 0 Å². The van der Waals surface area contributed by atoms with Crippen molar-refractivity contribution in [2.45, 2.75) is 49.8 Å². The monoisotopic (exact) mass is 426 g/mol. The van der Waals surface area contributed by atoms with Crippen molar-refractivity contribution in [3.05, 3.63) is 0 Å². The summed E-state index contributed by atoms with van der Waals surface area (Å²) in [5.41, 5.74) is 0. The van der Waals surface area contributed by atoms with E-state index in [0.29, 0.717) is 6.54 Å². The molecule has 2 N–H and O–H groups in total. The molecular weight excluding hydrogens is 392 g/mol. The number of ether oxygens (including phenoxy) is 4. The highest BCUT2D eigenvalue weighted by Gasteiger charge is 2.49. The predicted octanol–water partition coefficient (Wildman–Crippen LogP) is -1.88.